The highest BCUT2D eigenvalue weighted by atomic mass is 16.5. The molecule has 0 bridgehead atoms. The zero-order valence-electron chi connectivity index (χ0n) is 9.17. The lowest BCUT2D eigenvalue weighted by molar-refractivity contribution is -0.120. The van der Waals surface area contributed by atoms with Crippen molar-refractivity contribution < 1.29 is 34.1 Å². The summed E-state index contributed by atoms with van der Waals surface area (Å²) in [7, 11) is 0. The first-order valence-electron chi connectivity index (χ1n) is 4.64. The van der Waals surface area contributed by atoms with Crippen molar-refractivity contribution in [2.45, 2.75) is 6.92 Å². The number of Topliss-reactive ketones (excluding diaryl/α,β-unsaturated/α-hetero) is 1. The van der Waals surface area contributed by atoms with Crippen molar-refractivity contribution in [1.29, 1.82) is 0 Å². The monoisotopic (exact) mass is 252 g/mol. The number of carboxylic acids is 2. The molecule has 0 aromatic heterocycles. The highest BCUT2D eigenvalue weighted by molar-refractivity contribution is 6.06. The fourth-order valence-corrected chi connectivity index (χ4v) is 1.36. The van der Waals surface area contributed by atoms with Gasteiger partial charge in [-0.15, -0.1) is 0 Å². The number of aromatic carboxylic acids is 2. The Morgan fingerprint density at radius 1 is 1.06 bits per heavy atom. The highest BCUT2D eigenvalue weighted by Gasteiger charge is 2.21. The zero-order valence-corrected chi connectivity index (χ0v) is 9.17. The lowest BCUT2D eigenvalue weighted by Crippen LogP contribution is -2.11. The van der Waals surface area contributed by atoms with E-state index in [2.05, 4.69) is 4.74 Å². The first-order chi connectivity index (χ1) is 8.38. The summed E-state index contributed by atoms with van der Waals surface area (Å²) in [6.07, 6.45) is 0. The summed E-state index contributed by atoms with van der Waals surface area (Å²) >= 11 is 0. The quantitative estimate of drug-likeness (QED) is 0.588. The van der Waals surface area contributed by atoms with Gasteiger partial charge in [-0.25, -0.2) is 9.59 Å². The first-order valence-corrected chi connectivity index (χ1v) is 4.64. The summed E-state index contributed by atoms with van der Waals surface area (Å²) < 4.78 is 4.47. The average molecular weight is 252 g/mol. The predicted molar refractivity (Wildman–Crippen MR) is 57.1 cm³/mol. The number of carbonyl (C=O) groups excluding carboxylic acids is 2. The number of benzene rings is 1. The second-order valence-electron chi connectivity index (χ2n) is 3.27. The van der Waals surface area contributed by atoms with Crippen molar-refractivity contribution in [3.8, 4) is 5.75 Å². The SMILES string of the molecule is CC(=O)c1cc(C(=O)O)c(C(=O)O)cc1OC=O. The minimum absolute atomic E-state index is 0.0217. The van der Waals surface area contributed by atoms with Crippen LogP contribution in [-0.4, -0.2) is 34.4 Å². The standard InChI is InChI=1S/C11H8O7/c1-5(13)6-2-7(10(14)15)8(11(16)17)3-9(6)18-4-12/h2-4H,1H3,(H,14,15)(H,16,17). The van der Waals surface area contributed by atoms with E-state index < -0.39 is 28.8 Å². The second kappa shape index (κ2) is 5.09. The smallest absolute Gasteiger partial charge is 0.336 e. The van der Waals surface area contributed by atoms with Crippen LogP contribution in [0.5, 0.6) is 5.75 Å². The highest BCUT2D eigenvalue weighted by Crippen LogP contribution is 2.24. The minimum Gasteiger partial charge on any atom is -0.478 e. The van der Waals surface area contributed by atoms with Crippen molar-refractivity contribution in [3.63, 3.8) is 0 Å². The van der Waals surface area contributed by atoms with E-state index in [-0.39, 0.29) is 17.8 Å². The summed E-state index contributed by atoms with van der Waals surface area (Å²) in [5, 5.41) is 17.7. The molecule has 7 heteroatoms. The summed E-state index contributed by atoms with van der Waals surface area (Å²) in [6.45, 7) is 1.16. The molecule has 1 rings (SSSR count). The van der Waals surface area contributed by atoms with Gasteiger partial charge >= 0.3 is 11.9 Å². The molecule has 0 heterocycles. The molecule has 7 nitrogen and oxygen atoms in total. The van der Waals surface area contributed by atoms with Gasteiger partial charge in [0.1, 0.15) is 5.75 Å². The first kappa shape index (κ1) is 13.4. The molecule has 0 saturated carbocycles. The molecular formula is C11H8O7. The zero-order chi connectivity index (χ0) is 13.9. The number of hydrogen-bond acceptors (Lipinski definition) is 5. The van der Waals surface area contributed by atoms with Gasteiger partial charge in [0, 0.05) is 0 Å². The molecule has 0 saturated heterocycles. The Kier molecular flexibility index (Phi) is 3.78. The van der Waals surface area contributed by atoms with E-state index in [1.54, 1.807) is 0 Å². The lowest BCUT2D eigenvalue weighted by atomic mass is 10.0. The average Bonchev–Trinajstić information content (AvgIpc) is 2.28. The van der Waals surface area contributed by atoms with Crippen LogP contribution in [0.4, 0.5) is 0 Å². The van der Waals surface area contributed by atoms with Crippen LogP contribution in [-0.2, 0) is 4.79 Å². The minimum atomic E-state index is -1.50. The van der Waals surface area contributed by atoms with Crippen molar-refractivity contribution in [3.05, 3.63) is 28.8 Å². The lowest BCUT2D eigenvalue weighted by Gasteiger charge is -2.08. The molecule has 1 aromatic carbocycles. The van der Waals surface area contributed by atoms with Crippen LogP contribution in [0.15, 0.2) is 12.1 Å². The van der Waals surface area contributed by atoms with Gasteiger partial charge in [0.05, 0.1) is 16.7 Å². The van der Waals surface area contributed by atoms with Gasteiger partial charge in [-0.3, -0.25) is 9.59 Å². The third-order valence-corrected chi connectivity index (χ3v) is 2.13. The van der Waals surface area contributed by atoms with Crippen molar-refractivity contribution in [1.82, 2.24) is 0 Å². The van der Waals surface area contributed by atoms with Crippen LogP contribution in [0.3, 0.4) is 0 Å². The van der Waals surface area contributed by atoms with Crippen LogP contribution >= 0.6 is 0 Å². The Labute approximate surface area is 101 Å². The number of carboxylic acid groups (broad SMARTS) is 2. The fourth-order valence-electron chi connectivity index (χ4n) is 1.36. The molecule has 0 unspecified atom stereocenters. The molecule has 94 valence electrons. The van der Waals surface area contributed by atoms with Gasteiger partial charge in [-0.05, 0) is 19.1 Å². The largest absolute Gasteiger partial charge is 0.478 e. The molecule has 18 heavy (non-hydrogen) atoms. The molecule has 0 radical (unpaired) electrons. The summed E-state index contributed by atoms with van der Waals surface area (Å²) in [4.78, 5) is 43.3. The Morgan fingerprint density at radius 2 is 1.56 bits per heavy atom. The molecule has 0 fully saturated rings. The Morgan fingerprint density at radius 3 is 1.94 bits per heavy atom. The van der Waals surface area contributed by atoms with E-state index in [0.29, 0.717) is 0 Å². The maximum absolute atomic E-state index is 11.3. The molecule has 1 aromatic rings. The van der Waals surface area contributed by atoms with E-state index in [0.717, 1.165) is 19.1 Å². The molecule has 0 aliphatic heterocycles. The fraction of sp³-hybridized carbons (Fsp3) is 0.0909. The van der Waals surface area contributed by atoms with Gasteiger partial charge in [-0.1, -0.05) is 0 Å². The number of rotatable bonds is 5. The van der Waals surface area contributed by atoms with Crippen molar-refractivity contribution in [2.24, 2.45) is 0 Å². The van der Waals surface area contributed by atoms with Crippen LogP contribution in [0.25, 0.3) is 0 Å². The van der Waals surface area contributed by atoms with E-state index in [9.17, 15) is 19.2 Å². The van der Waals surface area contributed by atoms with E-state index in [1.807, 2.05) is 0 Å². The van der Waals surface area contributed by atoms with Gasteiger partial charge in [0.25, 0.3) is 6.47 Å². The number of ether oxygens (including phenoxy) is 1. The molecule has 0 aliphatic carbocycles. The van der Waals surface area contributed by atoms with Gasteiger partial charge in [0.15, 0.2) is 5.78 Å². The van der Waals surface area contributed by atoms with E-state index in [1.165, 1.54) is 0 Å². The topological polar surface area (TPSA) is 118 Å². The maximum atomic E-state index is 11.3. The normalized spacial score (nSPS) is 9.61. The molecular weight excluding hydrogens is 244 g/mol. The van der Waals surface area contributed by atoms with Crippen LogP contribution < -0.4 is 4.74 Å². The summed E-state index contributed by atoms with van der Waals surface area (Å²) in [5.74, 6) is -3.84. The molecule has 0 spiro atoms. The van der Waals surface area contributed by atoms with Gasteiger partial charge in [-0.2, -0.15) is 0 Å². The van der Waals surface area contributed by atoms with Crippen molar-refractivity contribution in [2.75, 3.05) is 0 Å². The van der Waals surface area contributed by atoms with E-state index >= 15 is 0 Å². The van der Waals surface area contributed by atoms with E-state index in [4.69, 9.17) is 10.2 Å². The molecule has 2 N–H and O–H groups in total. The van der Waals surface area contributed by atoms with Crippen LogP contribution in [0.1, 0.15) is 38.0 Å². The maximum Gasteiger partial charge on any atom is 0.336 e. The van der Waals surface area contributed by atoms with Gasteiger partial charge in [0.2, 0.25) is 0 Å². The number of carbonyl (C=O) groups is 4. The Balaban J connectivity index is 3.59. The Hall–Kier alpha value is -2.70. The Bertz CT molecular complexity index is 545. The predicted octanol–water partition coefficient (Wildman–Crippen LogP) is 0.821. The molecule has 0 amide bonds. The van der Waals surface area contributed by atoms with Gasteiger partial charge < -0.3 is 14.9 Å². The second-order valence-corrected chi connectivity index (χ2v) is 3.27. The van der Waals surface area contributed by atoms with Crippen molar-refractivity contribution >= 4 is 24.2 Å². The van der Waals surface area contributed by atoms with Crippen LogP contribution in [0, 0.1) is 0 Å². The summed E-state index contributed by atoms with van der Waals surface area (Å²) in [5.41, 5.74) is -1.29. The number of ketones is 1. The number of hydrogen-bond donors (Lipinski definition) is 2. The molecule has 0 atom stereocenters. The molecule has 0 aliphatic rings. The van der Waals surface area contributed by atoms with Crippen LogP contribution in [0.2, 0.25) is 0 Å². The summed E-state index contributed by atoms with van der Waals surface area (Å²) in [6, 6.07) is 1.70. The third kappa shape index (κ3) is 2.51. The third-order valence-electron chi connectivity index (χ3n) is 2.13.